The van der Waals surface area contributed by atoms with Gasteiger partial charge in [0.2, 0.25) is 5.91 Å². The molecular weight excluding hydrogens is 408 g/mol. The molecule has 0 radical (unpaired) electrons. The van der Waals surface area contributed by atoms with E-state index in [4.69, 9.17) is 4.74 Å². The van der Waals surface area contributed by atoms with Gasteiger partial charge >= 0.3 is 0 Å². The van der Waals surface area contributed by atoms with Crippen molar-refractivity contribution in [3.05, 3.63) is 60.2 Å². The maximum atomic E-state index is 12.4. The number of halogens is 1. The van der Waals surface area contributed by atoms with Crippen molar-refractivity contribution in [2.24, 2.45) is 5.92 Å². The van der Waals surface area contributed by atoms with Gasteiger partial charge in [-0.3, -0.25) is 9.69 Å². The summed E-state index contributed by atoms with van der Waals surface area (Å²) >= 11 is 0. The van der Waals surface area contributed by atoms with Gasteiger partial charge in [-0.2, -0.15) is 0 Å². The number of rotatable bonds is 7. The number of likely N-dealkylation sites (tertiary alicyclic amines) is 1. The Morgan fingerprint density at radius 1 is 0.871 bits per heavy atom. The second-order valence-electron chi connectivity index (χ2n) is 8.89. The molecule has 1 aliphatic heterocycles. The molecule has 0 spiro atoms. The first kappa shape index (κ1) is 23.6. The average Bonchev–Trinajstić information content (AvgIpc) is 2.78. The Morgan fingerprint density at radius 2 is 1.52 bits per heavy atom. The van der Waals surface area contributed by atoms with Crippen LogP contribution in [0.2, 0.25) is 0 Å². The Hall–Kier alpha value is -2.04. The van der Waals surface area contributed by atoms with Gasteiger partial charge in [0.1, 0.15) is 11.5 Å². The predicted molar refractivity (Wildman–Crippen MR) is 128 cm³/mol. The maximum Gasteiger partial charge on any atom is 0.220 e. The molecule has 168 valence electrons. The first-order valence-electron chi connectivity index (χ1n) is 11.6. The van der Waals surface area contributed by atoms with E-state index in [0.29, 0.717) is 12.0 Å². The molecule has 1 aliphatic carbocycles. The van der Waals surface area contributed by atoms with Gasteiger partial charge < -0.3 is 10.1 Å². The number of piperidine rings is 1. The number of carbonyl (C=O) groups is 1. The molecule has 0 unspecified atom stereocenters. The number of nitrogens with zero attached hydrogens (tertiary/aromatic N) is 1. The number of hydrogen-bond donors (Lipinski definition) is 1. The number of carbonyl (C=O) groups excluding carboxylic acids is 1. The fourth-order valence-electron chi connectivity index (χ4n) is 4.72. The number of benzene rings is 2. The standard InChI is InChI=1S/C26H34N2O2.ClH/c29-26(19-21-7-3-1-4-8-21)27-23-15-17-28(18-16-23)20-22-11-13-25(14-12-22)30-24-9-5-2-6-10-24;/h2,5-6,9-14,21,23H,1,3-4,7-8,15-20H2,(H,27,29);1H. The van der Waals surface area contributed by atoms with E-state index in [0.717, 1.165) is 50.4 Å². The van der Waals surface area contributed by atoms with E-state index in [9.17, 15) is 4.79 Å². The third kappa shape index (κ3) is 7.55. The lowest BCUT2D eigenvalue weighted by Gasteiger charge is -2.32. The second-order valence-corrected chi connectivity index (χ2v) is 8.89. The zero-order chi connectivity index (χ0) is 20.6. The fraction of sp³-hybridized carbons (Fsp3) is 0.500. The molecule has 1 saturated heterocycles. The quantitative estimate of drug-likeness (QED) is 0.575. The SMILES string of the molecule is Cl.O=C(CC1CCCCC1)NC1CCN(Cc2ccc(Oc3ccccc3)cc2)CC1. The number of ether oxygens (including phenoxy) is 1. The van der Waals surface area contributed by atoms with Gasteiger partial charge in [0.15, 0.2) is 0 Å². The van der Waals surface area contributed by atoms with Gasteiger partial charge in [-0.25, -0.2) is 0 Å². The second kappa shape index (κ2) is 12.1. The van der Waals surface area contributed by atoms with Crippen molar-refractivity contribution in [1.82, 2.24) is 10.2 Å². The van der Waals surface area contributed by atoms with Crippen molar-refractivity contribution in [3.8, 4) is 11.5 Å². The van der Waals surface area contributed by atoms with Gasteiger partial charge in [0, 0.05) is 32.1 Å². The Morgan fingerprint density at radius 3 is 2.19 bits per heavy atom. The van der Waals surface area contributed by atoms with Crippen molar-refractivity contribution in [1.29, 1.82) is 0 Å². The van der Waals surface area contributed by atoms with Crippen LogP contribution in [0.25, 0.3) is 0 Å². The smallest absolute Gasteiger partial charge is 0.220 e. The highest BCUT2D eigenvalue weighted by Crippen LogP contribution is 2.26. The molecule has 1 saturated carbocycles. The molecule has 2 aliphatic rings. The van der Waals surface area contributed by atoms with Crippen LogP contribution < -0.4 is 10.1 Å². The minimum absolute atomic E-state index is 0. The average molecular weight is 443 g/mol. The van der Waals surface area contributed by atoms with Crippen LogP contribution in [0.1, 0.15) is 56.9 Å². The summed E-state index contributed by atoms with van der Waals surface area (Å²) in [6.45, 7) is 3.03. The van der Waals surface area contributed by atoms with E-state index >= 15 is 0 Å². The largest absolute Gasteiger partial charge is 0.457 e. The van der Waals surface area contributed by atoms with Gasteiger partial charge in [-0.1, -0.05) is 49.6 Å². The summed E-state index contributed by atoms with van der Waals surface area (Å²) in [5.74, 6) is 2.62. The zero-order valence-electron chi connectivity index (χ0n) is 18.3. The highest BCUT2D eigenvalue weighted by atomic mass is 35.5. The molecule has 1 amide bonds. The summed E-state index contributed by atoms with van der Waals surface area (Å²) in [5.41, 5.74) is 1.30. The molecule has 0 atom stereocenters. The van der Waals surface area contributed by atoms with Crippen LogP contribution in [0.15, 0.2) is 54.6 Å². The van der Waals surface area contributed by atoms with E-state index in [-0.39, 0.29) is 18.3 Å². The van der Waals surface area contributed by atoms with Gasteiger partial charge in [0.05, 0.1) is 0 Å². The highest BCUT2D eigenvalue weighted by Gasteiger charge is 2.23. The number of hydrogen-bond acceptors (Lipinski definition) is 3. The molecule has 4 nitrogen and oxygen atoms in total. The molecule has 31 heavy (non-hydrogen) atoms. The van der Waals surface area contributed by atoms with Gasteiger partial charge in [-0.05, 0) is 61.4 Å². The first-order valence-corrected chi connectivity index (χ1v) is 11.6. The summed E-state index contributed by atoms with van der Waals surface area (Å²) in [7, 11) is 0. The summed E-state index contributed by atoms with van der Waals surface area (Å²) in [5, 5.41) is 3.30. The summed E-state index contributed by atoms with van der Waals surface area (Å²) in [6, 6.07) is 18.6. The fourth-order valence-corrected chi connectivity index (χ4v) is 4.72. The molecule has 2 aromatic carbocycles. The molecule has 2 fully saturated rings. The Bertz CT molecular complexity index is 783. The molecular formula is C26H35ClN2O2. The minimum Gasteiger partial charge on any atom is -0.457 e. The summed E-state index contributed by atoms with van der Waals surface area (Å²) in [4.78, 5) is 14.9. The highest BCUT2D eigenvalue weighted by molar-refractivity contribution is 5.85. The normalized spacial score (nSPS) is 18.2. The topological polar surface area (TPSA) is 41.6 Å². The van der Waals surface area contributed by atoms with Crippen LogP contribution in [0.4, 0.5) is 0 Å². The van der Waals surface area contributed by atoms with E-state index in [2.05, 4.69) is 22.3 Å². The van der Waals surface area contributed by atoms with Crippen LogP contribution >= 0.6 is 12.4 Å². The molecule has 5 heteroatoms. The maximum absolute atomic E-state index is 12.4. The summed E-state index contributed by atoms with van der Waals surface area (Å²) < 4.78 is 5.87. The van der Waals surface area contributed by atoms with Crippen LogP contribution in [0.3, 0.4) is 0 Å². The number of amides is 1. The van der Waals surface area contributed by atoms with Crippen LogP contribution in [0.5, 0.6) is 11.5 Å². The monoisotopic (exact) mass is 442 g/mol. The van der Waals surface area contributed by atoms with Crippen molar-refractivity contribution in [2.45, 2.75) is 64.0 Å². The Labute approximate surface area is 192 Å². The first-order chi connectivity index (χ1) is 14.7. The lowest BCUT2D eigenvalue weighted by molar-refractivity contribution is -0.123. The predicted octanol–water partition coefficient (Wildman–Crippen LogP) is 5.95. The van der Waals surface area contributed by atoms with Crippen LogP contribution in [-0.4, -0.2) is 29.9 Å². The van der Waals surface area contributed by atoms with Crippen molar-refractivity contribution in [2.75, 3.05) is 13.1 Å². The lowest BCUT2D eigenvalue weighted by atomic mass is 9.86. The van der Waals surface area contributed by atoms with Gasteiger partial charge in [0.25, 0.3) is 0 Å². The molecule has 1 N–H and O–H groups in total. The minimum atomic E-state index is 0. The number of nitrogens with one attached hydrogen (secondary N) is 1. The van der Waals surface area contributed by atoms with E-state index in [1.807, 2.05) is 42.5 Å². The van der Waals surface area contributed by atoms with Crippen LogP contribution in [-0.2, 0) is 11.3 Å². The molecule has 1 heterocycles. The zero-order valence-corrected chi connectivity index (χ0v) is 19.1. The molecule has 4 rings (SSSR count). The van der Waals surface area contributed by atoms with E-state index in [1.54, 1.807) is 0 Å². The van der Waals surface area contributed by atoms with E-state index in [1.165, 1.54) is 37.7 Å². The molecule has 2 aromatic rings. The van der Waals surface area contributed by atoms with Crippen molar-refractivity contribution in [3.63, 3.8) is 0 Å². The Kier molecular flexibility index (Phi) is 9.23. The van der Waals surface area contributed by atoms with Gasteiger partial charge in [-0.15, -0.1) is 12.4 Å². The van der Waals surface area contributed by atoms with E-state index < -0.39 is 0 Å². The third-order valence-corrected chi connectivity index (χ3v) is 6.46. The van der Waals surface area contributed by atoms with Crippen molar-refractivity contribution >= 4 is 18.3 Å². The summed E-state index contributed by atoms with van der Waals surface area (Å²) in [6.07, 6.45) is 9.25. The number of para-hydroxylation sites is 1. The van der Waals surface area contributed by atoms with Crippen molar-refractivity contribution < 1.29 is 9.53 Å². The lowest BCUT2D eigenvalue weighted by Crippen LogP contribution is -2.44. The molecule has 0 bridgehead atoms. The Balaban J connectivity index is 0.00000272. The third-order valence-electron chi connectivity index (χ3n) is 6.46. The van der Waals surface area contributed by atoms with Crippen LogP contribution in [0, 0.1) is 5.92 Å². The molecule has 0 aromatic heterocycles.